The third kappa shape index (κ3) is 2.06. The van der Waals surface area contributed by atoms with Crippen LogP contribution in [0.5, 0.6) is 0 Å². The van der Waals surface area contributed by atoms with Crippen LogP contribution < -0.4 is 16.7 Å². The Labute approximate surface area is 182 Å². The van der Waals surface area contributed by atoms with Gasteiger partial charge in [-0.05, 0) is 30.0 Å². The first-order valence-electron chi connectivity index (χ1n) is 10.5. The highest BCUT2D eigenvalue weighted by molar-refractivity contribution is 6.19. The fourth-order valence-electron chi connectivity index (χ4n) is 5.46. The summed E-state index contributed by atoms with van der Waals surface area (Å²) in [6.07, 6.45) is 0.624. The van der Waals surface area contributed by atoms with Crippen LogP contribution in [0.25, 0.3) is 11.4 Å². The Morgan fingerprint density at radius 3 is 2.28 bits per heavy atom. The van der Waals surface area contributed by atoms with Crippen molar-refractivity contribution in [3.63, 3.8) is 0 Å². The Bertz CT molecular complexity index is 1500. The summed E-state index contributed by atoms with van der Waals surface area (Å²) >= 11 is 0. The normalized spacial score (nSPS) is 22.7. The molecule has 1 atom stereocenters. The number of aromatic nitrogens is 3. The number of para-hydroxylation sites is 2. The average Bonchev–Trinajstić information content (AvgIpc) is 3.30. The van der Waals surface area contributed by atoms with Crippen molar-refractivity contribution in [2.45, 2.75) is 32.2 Å². The first-order chi connectivity index (χ1) is 15.3. The van der Waals surface area contributed by atoms with E-state index < -0.39 is 28.2 Å². The van der Waals surface area contributed by atoms with E-state index in [2.05, 4.69) is 5.32 Å². The quantitative estimate of drug-likeness (QED) is 0.642. The molecule has 0 fully saturated rings. The summed E-state index contributed by atoms with van der Waals surface area (Å²) < 4.78 is 3.50. The standard InChI is InChI=1S/C24H20N4O4/c1-23(2)12-17-19(18(29)13-23)24(15-10-6-7-11-16(15)25-20(24)30)28-22(32)26(21(31)27(17)28)14-8-4-3-5-9-14/h3-11H,12-13H2,1-2H3,(H,25,30). The van der Waals surface area contributed by atoms with Crippen molar-refractivity contribution in [3.05, 3.63) is 86.7 Å². The fraction of sp³-hybridized carbons (Fsp3) is 0.250. The Morgan fingerprint density at radius 2 is 1.53 bits per heavy atom. The molecule has 0 radical (unpaired) electrons. The zero-order valence-electron chi connectivity index (χ0n) is 17.6. The fourth-order valence-corrected chi connectivity index (χ4v) is 5.46. The highest BCUT2D eigenvalue weighted by Gasteiger charge is 2.62. The molecule has 1 aliphatic carbocycles. The third-order valence-electron chi connectivity index (χ3n) is 6.64. The maximum Gasteiger partial charge on any atom is 0.356 e. The predicted molar refractivity (Wildman–Crippen MR) is 118 cm³/mol. The molecule has 1 amide bonds. The first-order valence-corrected chi connectivity index (χ1v) is 10.5. The number of benzene rings is 2. The van der Waals surface area contributed by atoms with Gasteiger partial charge in [-0.1, -0.05) is 50.2 Å². The van der Waals surface area contributed by atoms with Crippen molar-refractivity contribution in [3.8, 4) is 5.69 Å². The van der Waals surface area contributed by atoms with Crippen LogP contribution in [0.3, 0.4) is 0 Å². The summed E-state index contributed by atoms with van der Waals surface area (Å²) in [6, 6.07) is 15.6. The molecule has 8 nitrogen and oxygen atoms in total. The van der Waals surface area contributed by atoms with E-state index in [1.54, 1.807) is 54.6 Å². The lowest BCUT2D eigenvalue weighted by Gasteiger charge is -2.32. The van der Waals surface area contributed by atoms with E-state index in [-0.39, 0.29) is 17.8 Å². The number of carbonyl (C=O) groups is 2. The number of allylic oxidation sites excluding steroid dienone is 1. The molecule has 3 aliphatic rings. The minimum absolute atomic E-state index is 0.218. The van der Waals surface area contributed by atoms with E-state index >= 15 is 0 Å². The molecule has 32 heavy (non-hydrogen) atoms. The van der Waals surface area contributed by atoms with Gasteiger partial charge >= 0.3 is 11.4 Å². The van der Waals surface area contributed by atoms with Crippen LogP contribution in [0.2, 0.25) is 0 Å². The van der Waals surface area contributed by atoms with Gasteiger partial charge in [0.05, 0.1) is 17.0 Å². The highest BCUT2D eigenvalue weighted by Crippen LogP contribution is 2.53. The maximum absolute atomic E-state index is 13.8. The second-order valence-electron chi connectivity index (χ2n) is 9.33. The predicted octanol–water partition coefficient (Wildman–Crippen LogP) is 2.11. The Kier molecular flexibility index (Phi) is 3.44. The maximum atomic E-state index is 13.8. The number of ketones is 1. The molecule has 8 heteroatoms. The van der Waals surface area contributed by atoms with Gasteiger partial charge in [0.25, 0.3) is 5.91 Å². The molecule has 3 heterocycles. The number of Topliss-reactive ketones (excluding diaryl/α,β-unsaturated/α-hetero) is 1. The lowest BCUT2D eigenvalue weighted by molar-refractivity contribution is -0.125. The topological polar surface area (TPSA) is 95.1 Å². The number of hydrogen-bond acceptors (Lipinski definition) is 4. The third-order valence-corrected chi connectivity index (χ3v) is 6.64. The number of nitrogens with one attached hydrogen (secondary N) is 1. The molecule has 0 bridgehead atoms. The summed E-state index contributed by atoms with van der Waals surface area (Å²) in [5.74, 6) is -0.720. The van der Waals surface area contributed by atoms with Gasteiger partial charge in [-0.3, -0.25) is 9.59 Å². The molecular formula is C24H20N4O4. The van der Waals surface area contributed by atoms with Crippen LogP contribution in [0.1, 0.15) is 32.3 Å². The second kappa shape index (κ2) is 5.85. The summed E-state index contributed by atoms with van der Waals surface area (Å²) in [5, 5.41) is 2.83. The smallest absolute Gasteiger partial charge is 0.323 e. The minimum atomic E-state index is -1.70. The van der Waals surface area contributed by atoms with Crippen LogP contribution in [-0.4, -0.2) is 25.6 Å². The van der Waals surface area contributed by atoms with Gasteiger partial charge in [-0.25, -0.2) is 18.8 Å². The molecular weight excluding hydrogens is 408 g/mol. The first kappa shape index (κ1) is 18.8. The number of carbonyl (C=O) groups excluding carboxylic acids is 2. The summed E-state index contributed by atoms with van der Waals surface area (Å²) in [4.78, 5) is 54.5. The lowest BCUT2D eigenvalue weighted by atomic mass is 9.70. The molecule has 0 saturated carbocycles. The summed E-state index contributed by atoms with van der Waals surface area (Å²) in [6.45, 7) is 3.90. The van der Waals surface area contributed by atoms with E-state index in [0.717, 1.165) is 4.57 Å². The summed E-state index contributed by atoms with van der Waals surface area (Å²) in [7, 11) is 0. The molecule has 2 aliphatic heterocycles. The molecule has 1 N–H and O–H groups in total. The number of amides is 1. The molecule has 160 valence electrons. The molecule has 2 aromatic carbocycles. The van der Waals surface area contributed by atoms with Gasteiger partial charge < -0.3 is 5.32 Å². The van der Waals surface area contributed by atoms with Crippen molar-refractivity contribution < 1.29 is 9.59 Å². The van der Waals surface area contributed by atoms with Crippen LogP contribution in [-0.2, 0) is 15.1 Å². The van der Waals surface area contributed by atoms with Crippen LogP contribution in [0.4, 0.5) is 5.69 Å². The van der Waals surface area contributed by atoms with Crippen molar-refractivity contribution in [2.75, 3.05) is 5.32 Å². The summed E-state index contributed by atoms with van der Waals surface area (Å²) in [5.41, 5.74) is -1.26. The minimum Gasteiger partial charge on any atom is -0.323 e. The Hall–Kier alpha value is -3.94. The van der Waals surface area contributed by atoms with Crippen molar-refractivity contribution in [1.82, 2.24) is 13.9 Å². The monoisotopic (exact) mass is 428 g/mol. The van der Waals surface area contributed by atoms with Gasteiger partial charge in [-0.15, -0.1) is 0 Å². The number of nitrogens with zero attached hydrogens (tertiary/aromatic N) is 3. The van der Waals surface area contributed by atoms with Crippen LogP contribution >= 0.6 is 0 Å². The lowest BCUT2D eigenvalue weighted by Crippen LogP contribution is -2.50. The molecule has 3 aromatic rings. The van der Waals surface area contributed by atoms with Crippen LogP contribution in [0.15, 0.2) is 69.8 Å². The number of anilines is 1. The van der Waals surface area contributed by atoms with Gasteiger partial charge in [0.2, 0.25) is 5.54 Å². The SMILES string of the molecule is CC1(C)CC(=O)C2=C(C1)n1c(=O)n(-c3ccccc3)c(=O)n1C21C(=O)Nc2ccccc21. The average molecular weight is 428 g/mol. The zero-order valence-corrected chi connectivity index (χ0v) is 17.6. The zero-order chi connectivity index (χ0) is 22.4. The molecule has 0 saturated heterocycles. The highest BCUT2D eigenvalue weighted by atomic mass is 16.2. The number of fused-ring (bicyclic) bond motifs is 6. The molecule has 1 unspecified atom stereocenters. The van der Waals surface area contributed by atoms with E-state index in [1.807, 2.05) is 13.8 Å². The van der Waals surface area contributed by atoms with Gasteiger partial charge in [0.1, 0.15) is 0 Å². The Balaban J connectivity index is 1.79. The van der Waals surface area contributed by atoms with Gasteiger partial charge in [0.15, 0.2) is 5.78 Å². The largest absolute Gasteiger partial charge is 0.356 e. The van der Waals surface area contributed by atoms with Crippen molar-refractivity contribution in [2.24, 2.45) is 5.41 Å². The van der Waals surface area contributed by atoms with Gasteiger partial charge in [-0.2, -0.15) is 4.68 Å². The van der Waals surface area contributed by atoms with Crippen molar-refractivity contribution >= 4 is 23.1 Å². The van der Waals surface area contributed by atoms with E-state index in [0.29, 0.717) is 29.1 Å². The second-order valence-corrected chi connectivity index (χ2v) is 9.33. The van der Waals surface area contributed by atoms with Gasteiger partial charge in [0, 0.05) is 17.7 Å². The van der Waals surface area contributed by atoms with E-state index in [9.17, 15) is 19.2 Å². The Morgan fingerprint density at radius 1 is 0.844 bits per heavy atom. The molecule has 1 aromatic heterocycles. The van der Waals surface area contributed by atoms with E-state index in [1.165, 1.54) is 9.36 Å². The van der Waals surface area contributed by atoms with Crippen molar-refractivity contribution in [1.29, 1.82) is 0 Å². The molecule has 6 rings (SSSR count). The molecule has 1 spiro atoms. The van der Waals surface area contributed by atoms with Crippen LogP contribution in [0, 0.1) is 5.41 Å². The van der Waals surface area contributed by atoms with E-state index in [4.69, 9.17) is 0 Å². The number of hydrogen-bond donors (Lipinski definition) is 1. The number of rotatable bonds is 1.